The molecule has 0 spiro atoms. The van der Waals surface area contributed by atoms with Crippen molar-refractivity contribution < 1.29 is 23.0 Å². The van der Waals surface area contributed by atoms with Crippen LogP contribution in [0.3, 0.4) is 0 Å². The standard InChI is InChI=1S/C27H41N3O5S/c1-22(2)20-30(36(32,33)25-11-9-24(34-3)10-12-25)21-27(31)26(19-23-7-5-4-6-8-23)28-13-14-29-15-17-35-18-16-29/h4-12,22,26-28,31H,13-21H2,1-3H3/t26-,27+/m0/s1. The topological polar surface area (TPSA) is 91.3 Å². The smallest absolute Gasteiger partial charge is 0.243 e. The number of aliphatic hydroxyl groups excluding tert-OH is 1. The first-order valence-electron chi connectivity index (χ1n) is 12.7. The van der Waals surface area contributed by atoms with Crippen molar-refractivity contribution in [2.24, 2.45) is 5.92 Å². The van der Waals surface area contributed by atoms with Crippen LogP contribution in [0.4, 0.5) is 0 Å². The van der Waals surface area contributed by atoms with E-state index in [0.29, 0.717) is 25.3 Å². The zero-order valence-corrected chi connectivity index (χ0v) is 22.5. The molecule has 9 heteroatoms. The number of hydrogen-bond donors (Lipinski definition) is 2. The molecule has 1 heterocycles. The van der Waals surface area contributed by atoms with Crippen LogP contribution in [0.15, 0.2) is 59.5 Å². The molecule has 0 aliphatic carbocycles. The van der Waals surface area contributed by atoms with Gasteiger partial charge in [0.1, 0.15) is 5.75 Å². The van der Waals surface area contributed by atoms with E-state index >= 15 is 0 Å². The van der Waals surface area contributed by atoms with Crippen molar-refractivity contribution >= 4 is 10.0 Å². The second kappa shape index (κ2) is 14.1. The van der Waals surface area contributed by atoms with Gasteiger partial charge in [-0.05, 0) is 42.2 Å². The van der Waals surface area contributed by atoms with Crippen LogP contribution >= 0.6 is 0 Å². The molecule has 1 saturated heterocycles. The molecule has 2 N–H and O–H groups in total. The Hall–Kier alpha value is -2.01. The average Bonchev–Trinajstić information content (AvgIpc) is 2.88. The lowest BCUT2D eigenvalue weighted by Crippen LogP contribution is -2.51. The SMILES string of the molecule is COc1ccc(S(=O)(=O)N(CC(C)C)C[C@@H](O)[C@H](Cc2ccccc2)NCCN2CCOCC2)cc1. The molecular formula is C27H41N3O5S. The fourth-order valence-corrected chi connectivity index (χ4v) is 5.98. The molecule has 0 aromatic heterocycles. The maximum Gasteiger partial charge on any atom is 0.243 e. The van der Waals surface area contributed by atoms with Crippen LogP contribution < -0.4 is 10.1 Å². The van der Waals surface area contributed by atoms with Crippen LogP contribution in [-0.4, -0.2) is 94.5 Å². The third-order valence-electron chi connectivity index (χ3n) is 6.36. The van der Waals surface area contributed by atoms with Crippen LogP contribution in [0.2, 0.25) is 0 Å². The van der Waals surface area contributed by atoms with Gasteiger partial charge in [0.15, 0.2) is 0 Å². The highest BCUT2D eigenvalue weighted by Gasteiger charge is 2.30. The number of methoxy groups -OCH3 is 1. The van der Waals surface area contributed by atoms with Gasteiger partial charge in [-0.3, -0.25) is 4.90 Å². The Bertz CT molecular complexity index is 996. The third kappa shape index (κ3) is 8.54. The van der Waals surface area contributed by atoms with Gasteiger partial charge in [-0.2, -0.15) is 4.31 Å². The van der Waals surface area contributed by atoms with Gasteiger partial charge < -0.3 is 19.9 Å². The Kier molecular flexibility index (Phi) is 11.2. The van der Waals surface area contributed by atoms with Crippen LogP contribution in [0.25, 0.3) is 0 Å². The predicted molar refractivity (Wildman–Crippen MR) is 142 cm³/mol. The lowest BCUT2D eigenvalue weighted by atomic mass is 10.0. The van der Waals surface area contributed by atoms with Crippen molar-refractivity contribution in [3.8, 4) is 5.75 Å². The molecule has 200 valence electrons. The summed E-state index contributed by atoms with van der Waals surface area (Å²) in [7, 11) is -2.25. The Morgan fingerprint density at radius 2 is 1.72 bits per heavy atom. The third-order valence-corrected chi connectivity index (χ3v) is 8.20. The summed E-state index contributed by atoms with van der Waals surface area (Å²) in [5.41, 5.74) is 1.09. The summed E-state index contributed by atoms with van der Waals surface area (Å²) in [5, 5.41) is 14.9. The second-order valence-electron chi connectivity index (χ2n) is 9.66. The van der Waals surface area contributed by atoms with Gasteiger partial charge >= 0.3 is 0 Å². The lowest BCUT2D eigenvalue weighted by molar-refractivity contribution is 0.0366. The average molecular weight is 520 g/mol. The molecule has 1 fully saturated rings. The Balaban J connectivity index is 1.74. The van der Waals surface area contributed by atoms with E-state index < -0.39 is 16.1 Å². The predicted octanol–water partition coefficient (Wildman–Crippen LogP) is 2.24. The highest BCUT2D eigenvalue weighted by molar-refractivity contribution is 7.89. The Morgan fingerprint density at radius 3 is 2.33 bits per heavy atom. The fraction of sp³-hybridized carbons (Fsp3) is 0.556. The van der Waals surface area contributed by atoms with Crippen molar-refractivity contribution in [1.82, 2.24) is 14.5 Å². The van der Waals surface area contributed by atoms with E-state index in [-0.39, 0.29) is 23.4 Å². The Morgan fingerprint density at radius 1 is 1.06 bits per heavy atom. The highest BCUT2D eigenvalue weighted by atomic mass is 32.2. The van der Waals surface area contributed by atoms with E-state index in [1.165, 1.54) is 4.31 Å². The second-order valence-corrected chi connectivity index (χ2v) is 11.6. The van der Waals surface area contributed by atoms with Crippen molar-refractivity contribution in [3.63, 3.8) is 0 Å². The minimum atomic E-state index is -3.79. The van der Waals surface area contributed by atoms with Gasteiger partial charge in [0.05, 0.1) is 31.3 Å². The molecule has 3 rings (SSSR count). The summed E-state index contributed by atoms with van der Waals surface area (Å²) in [6.07, 6.45) is -0.287. The molecule has 1 aliphatic heterocycles. The van der Waals surface area contributed by atoms with Crippen molar-refractivity contribution in [1.29, 1.82) is 0 Å². The van der Waals surface area contributed by atoms with Gasteiger partial charge in [-0.1, -0.05) is 44.2 Å². The molecule has 0 amide bonds. The summed E-state index contributed by atoms with van der Waals surface area (Å²) in [5.74, 6) is 0.698. The minimum Gasteiger partial charge on any atom is -0.497 e. The zero-order chi connectivity index (χ0) is 26.0. The number of morpholine rings is 1. The van der Waals surface area contributed by atoms with E-state index in [1.54, 1.807) is 31.4 Å². The maximum absolute atomic E-state index is 13.5. The summed E-state index contributed by atoms with van der Waals surface area (Å²) in [4.78, 5) is 2.53. The molecule has 2 aromatic carbocycles. The fourth-order valence-electron chi connectivity index (χ4n) is 4.36. The number of aliphatic hydroxyl groups is 1. The summed E-state index contributed by atoms with van der Waals surface area (Å²) >= 11 is 0. The lowest BCUT2D eigenvalue weighted by Gasteiger charge is -2.32. The minimum absolute atomic E-state index is 0.00853. The van der Waals surface area contributed by atoms with Crippen LogP contribution in [0, 0.1) is 5.92 Å². The van der Waals surface area contributed by atoms with Gasteiger partial charge in [-0.25, -0.2) is 8.42 Å². The van der Waals surface area contributed by atoms with E-state index in [1.807, 2.05) is 44.2 Å². The molecule has 2 aromatic rings. The summed E-state index contributed by atoms with van der Waals surface area (Å²) in [6.45, 7) is 9.10. The zero-order valence-electron chi connectivity index (χ0n) is 21.7. The molecule has 2 atom stereocenters. The van der Waals surface area contributed by atoms with Gasteiger partial charge in [0.25, 0.3) is 0 Å². The first-order chi connectivity index (χ1) is 17.3. The largest absolute Gasteiger partial charge is 0.497 e. The highest BCUT2D eigenvalue weighted by Crippen LogP contribution is 2.21. The number of nitrogens with zero attached hydrogens (tertiary/aromatic N) is 2. The van der Waals surface area contributed by atoms with Gasteiger partial charge in [0, 0.05) is 45.3 Å². The van der Waals surface area contributed by atoms with Crippen molar-refractivity contribution in [3.05, 3.63) is 60.2 Å². The molecule has 0 saturated carbocycles. The first-order valence-corrected chi connectivity index (χ1v) is 14.1. The van der Waals surface area contributed by atoms with Gasteiger partial charge in [-0.15, -0.1) is 0 Å². The number of hydrogen-bond acceptors (Lipinski definition) is 7. The molecule has 36 heavy (non-hydrogen) atoms. The van der Waals surface area contributed by atoms with Crippen LogP contribution in [0.5, 0.6) is 5.75 Å². The number of nitrogens with one attached hydrogen (secondary N) is 1. The van der Waals surface area contributed by atoms with Crippen LogP contribution in [-0.2, 0) is 21.2 Å². The molecule has 0 bridgehead atoms. The van der Waals surface area contributed by atoms with E-state index in [9.17, 15) is 13.5 Å². The molecule has 1 aliphatic rings. The number of ether oxygens (including phenoxy) is 2. The molecule has 0 unspecified atom stereocenters. The quantitative estimate of drug-likeness (QED) is 0.396. The number of benzene rings is 2. The summed E-state index contributed by atoms with van der Waals surface area (Å²) < 4.78 is 39.1. The number of rotatable bonds is 14. The first kappa shape index (κ1) is 28.6. The Labute approximate surface area is 216 Å². The molecular weight excluding hydrogens is 478 g/mol. The van der Waals surface area contributed by atoms with Crippen LogP contribution in [0.1, 0.15) is 19.4 Å². The summed E-state index contributed by atoms with van der Waals surface area (Å²) in [6, 6.07) is 16.1. The van der Waals surface area contributed by atoms with Crippen molar-refractivity contribution in [2.45, 2.75) is 37.3 Å². The molecule has 0 radical (unpaired) electrons. The van der Waals surface area contributed by atoms with E-state index in [4.69, 9.17) is 9.47 Å². The van der Waals surface area contributed by atoms with Crippen molar-refractivity contribution in [2.75, 3.05) is 59.6 Å². The van der Waals surface area contributed by atoms with Gasteiger partial charge in [0.2, 0.25) is 10.0 Å². The maximum atomic E-state index is 13.5. The van der Waals surface area contributed by atoms with E-state index in [2.05, 4.69) is 10.2 Å². The molecule has 8 nitrogen and oxygen atoms in total. The van der Waals surface area contributed by atoms with E-state index in [0.717, 1.165) is 38.4 Å². The number of sulfonamides is 1. The monoisotopic (exact) mass is 519 g/mol. The normalized spacial score (nSPS) is 16.8.